The Kier molecular flexibility index (Phi) is 4.70. The number of thioether (sulfide) groups is 1. The second-order valence-corrected chi connectivity index (χ2v) is 5.62. The highest BCUT2D eigenvalue weighted by Crippen LogP contribution is 2.22. The molecule has 0 amide bonds. The number of nitrogens with zero attached hydrogens (tertiary/aromatic N) is 5. The Morgan fingerprint density at radius 2 is 2.00 bits per heavy atom. The number of carbonyl (C=O) groups is 1. The Hall–Kier alpha value is -2.88. The molecular weight excluding hydrogens is 346 g/mol. The average Bonchev–Trinajstić information content (AvgIpc) is 3.02. The van der Waals surface area contributed by atoms with Crippen LogP contribution >= 0.6 is 11.8 Å². The smallest absolute Gasteiger partial charge is 0.373 e. The summed E-state index contributed by atoms with van der Waals surface area (Å²) in [7, 11) is 1.55. The molecule has 0 aliphatic heterocycles. The molecular formula is C15H15N5O4S. The maximum absolute atomic E-state index is 12.7. The first-order valence-corrected chi connectivity index (χ1v) is 8.57. The summed E-state index contributed by atoms with van der Waals surface area (Å²) in [6.45, 7) is 1.91. The molecule has 25 heavy (non-hydrogen) atoms. The van der Waals surface area contributed by atoms with Crippen LogP contribution < -0.4 is 10.4 Å². The number of hydrogen-bond acceptors (Lipinski definition) is 8. The maximum atomic E-state index is 12.7. The van der Waals surface area contributed by atoms with Crippen LogP contribution in [0.5, 0.6) is 5.75 Å². The number of rotatable bonds is 5. The van der Waals surface area contributed by atoms with Crippen LogP contribution in [0.4, 0.5) is 0 Å². The maximum Gasteiger partial charge on any atom is 0.373 e. The van der Waals surface area contributed by atoms with E-state index in [0.717, 1.165) is 9.20 Å². The molecule has 0 atom stereocenters. The second kappa shape index (κ2) is 6.93. The van der Waals surface area contributed by atoms with Gasteiger partial charge in [-0.25, -0.2) is 9.59 Å². The molecule has 0 bridgehead atoms. The average molecular weight is 361 g/mol. The standard InChI is InChI=1S/C15H15N5O4S/c1-4-24-14(21)11-12-16-18-19(9-5-7-10(23-2)8-6-9)15(22)20(12)17-13(11)25-3/h5-8H,4H2,1-3H3. The van der Waals surface area contributed by atoms with Gasteiger partial charge in [0, 0.05) is 0 Å². The minimum Gasteiger partial charge on any atom is -0.497 e. The number of esters is 1. The van der Waals surface area contributed by atoms with Crippen LogP contribution in [-0.2, 0) is 4.74 Å². The molecule has 0 radical (unpaired) electrons. The molecule has 2 heterocycles. The van der Waals surface area contributed by atoms with Crippen LogP contribution in [0, 0.1) is 0 Å². The Labute approximate surface area is 146 Å². The molecule has 2 aromatic heterocycles. The van der Waals surface area contributed by atoms with Crippen LogP contribution in [-0.4, -0.2) is 50.5 Å². The Balaban J connectivity index is 2.17. The van der Waals surface area contributed by atoms with Gasteiger partial charge in [0.1, 0.15) is 16.3 Å². The monoisotopic (exact) mass is 361 g/mol. The fourth-order valence-electron chi connectivity index (χ4n) is 2.24. The number of methoxy groups -OCH3 is 1. The van der Waals surface area contributed by atoms with Crippen molar-refractivity contribution in [2.75, 3.05) is 20.0 Å². The van der Waals surface area contributed by atoms with Crippen LogP contribution in [0.3, 0.4) is 0 Å². The van der Waals surface area contributed by atoms with E-state index in [4.69, 9.17) is 9.47 Å². The third-order valence-corrected chi connectivity index (χ3v) is 4.08. The number of carbonyl (C=O) groups excluding carboxylic acids is 1. The molecule has 0 saturated heterocycles. The van der Waals surface area contributed by atoms with Crippen molar-refractivity contribution in [3.8, 4) is 11.4 Å². The summed E-state index contributed by atoms with van der Waals surface area (Å²) in [6, 6.07) is 6.75. The Morgan fingerprint density at radius 1 is 1.28 bits per heavy atom. The van der Waals surface area contributed by atoms with Gasteiger partial charge in [-0.3, -0.25) is 0 Å². The minimum atomic E-state index is -0.585. The summed E-state index contributed by atoms with van der Waals surface area (Å²) in [4.78, 5) is 24.9. The highest BCUT2D eigenvalue weighted by molar-refractivity contribution is 7.98. The van der Waals surface area contributed by atoms with E-state index in [1.807, 2.05) is 0 Å². The third-order valence-electron chi connectivity index (χ3n) is 3.41. The van der Waals surface area contributed by atoms with Gasteiger partial charge in [-0.1, -0.05) is 5.21 Å². The van der Waals surface area contributed by atoms with E-state index in [0.29, 0.717) is 16.5 Å². The van der Waals surface area contributed by atoms with Crippen molar-refractivity contribution in [2.24, 2.45) is 0 Å². The highest BCUT2D eigenvalue weighted by Gasteiger charge is 2.24. The lowest BCUT2D eigenvalue weighted by Crippen LogP contribution is -2.29. The molecule has 0 N–H and O–H groups in total. The highest BCUT2D eigenvalue weighted by atomic mass is 32.2. The summed E-state index contributed by atoms with van der Waals surface area (Å²) in [5, 5.41) is 12.5. The van der Waals surface area contributed by atoms with Gasteiger partial charge in [-0.05, 0) is 37.4 Å². The van der Waals surface area contributed by atoms with Crippen LogP contribution in [0.2, 0.25) is 0 Å². The third kappa shape index (κ3) is 2.95. The zero-order valence-electron chi connectivity index (χ0n) is 13.8. The summed E-state index contributed by atoms with van der Waals surface area (Å²) >= 11 is 1.23. The Bertz CT molecular complexity index is 980. The lowest BCUT2D eigenvalue weighted by atomic mass is 10.3. The molecule has 3 aromatic rings. The van der Waals surface area contributed by atoms with Crippen LogP contribution in [0.25, 0.3) is 11.3 Å². The quantitative estimate of drug-likeness (QED) is 0.493. The number of benzene rings is 1. The molecule has 9 nitrogen and oxygen atoms in total. The topological polar surface area (TPSA) is 101 Å². The predicted molar refractivity (Wildman–Crippen MR) is 90.7 cm³/mol. The summed E-state index contributed by atoms with van der Waals surface area (Å²) in [6.07, 6.45) is 1.75. The van der Waals surface area contributed by atoms with Crippen molar-refractivity contribution in [1.82, 2.24) is 24.6 Å². The lowest BCUT2D eigenvalue weighted by molar-refractivity contribution is 0.0524. The largest absolute Gasteiger partial charge is 0.497 e. The molecule has 0 fully saturated rings. The predicted octanol–water partition coefficient (Wildman–Crippen LogP) is 1.18. The van der Waals surface area contributed by atoms with E-state index >= 15 is 0 Å². The van der Waals surface area contributed by atoms with Crippen molar-refractivity contribution in [3.63, 3.8) is 0 Å². The number of ether oxygens (including phenoxy) is 2. The van der Waals surface area contributed by atoms with Gasteiger partial charge in [-0.15, -0.1) is 16.9 Å². The van der Waals surface area contributed by atoms with Crippen molar-refractivity contribution in [2.45, 2.75) is 11.9 Å². The Morgan fingerprint density at radius 3 is 2.60 bits per heavy atom. The molecule has 0 aliphatic rings. The number of hydrogen-bond donors (Lipinski definition) is 0. The van der Waals surface area contributed by atoms with Gasteiger partial charge in [0.2, 0.25) is 0 Å². The normalized spacial score (nSPS) is 10.8. The molecule has 1 aromatic carbocycles. The first-order valence-electron chi connectivity index (χ1n) is 7.35. The van der Waals surface area contributed by atoms with E-state index < -0.39 is 11.7 Å². The number of fused-ring (bicyclic) bond motifs is 1. The SMILES string of the molecule is CCOC(=O)c1c(SC)nn2c(=O)n(-c3ccc(OC)cc3)nnc12. The van der Waals surface area contributed by atoms with Crippen LogP contribution in [0.15, 0.2) is 34.1 Å². The fourth-order valence-corrected chi connectivity index (χ4v) is 2.78. The molecule has 0 aliphatic carbocycles. The fraction of sp³-hybridized carbons (Fsp3) is 0.267. The van der Waals surface area contributed by atoms with Gasteiger partial charge in [0.25, 0.3) is 0 Å². The molecule has 10 heteroatoms. The van der Waals surface area contributed by atoms with E-state index in [1.165, 1.54) is 11.8 Å². The lowest BCUT2D eigenvalue weighted by Gasteiger charge is -2.05. The minimum absolute atomic E-state index is 0.0672. The van der Waals surface area contributed by atoms with Gasteiger partial charge >= 0.3 is 11.7 Å². The van der Waals surface area contributed by atoms with Crippen molar-refractivity contribution >= 4 is 23.4 Å². The second-order valence-electron chi connectivity index (χ2n) is 4.82. The zero-order valence-corrected chi connectivity index (χ0v) is 14.6. The van der Waals surface area contributed by atoms with Crippen molar-refractivity contribution < 1.29 is 14.3 Å². The molecule has 0 saturated carbocycles. The summed E-state index contributed by atoms with van der Waals surface area (Å²) in [5.41, 5.74) is 0.165. The van der Waals surface area contributed by atoms with E-state index in [2.05, 4.69) is 15.4 Å². The summed E-state index contributed by atoms with van der Waals surface area (Å²) < 4.78 is 12.3. The molecule has 3 rings (SSSR count). The van der Waals surface area contributed by atoms with E-state index in [1.54, 1.807) is 44.6 Å². The first-order chi connectivity index (χ1) is 12.1. The van der Waals surface area contributed by atoms with Crippen molar-refractivity contribution in [1.29, 1.82) is 0 Å². The molecule has 0 spiro atoms. The van der Waals surface area contributed by atoms with E-state index in [-0.39, 0.29) is 17.8 Å². The van der Waals surface area contributed by atoms with E-state index in [9.17, 15) is 9.59 Å². The van der Waals surface area contributed by atoms with Gasteiger partial charge < -0.3 is 9.47 Å². The van der Waals surface area contributed by atoms with Gasteiger partial charge in [0.15, 0.2) is 5.65 Å². The first kappa shape index (κ1) is 17.0. The van der Waals surface area contributed by atoms with Gasteiger partial charge in [-0.2, -0.15) is 14.3 Å². The summed E-state index contributed by atoms with van der Waals surface area (Å²) in [5.74, 6) is 0.0666. The molecule has 0 unspecified atom stereocenters. The van der Waals surface area contributed by atoms with Gasteiger partial charge in [0.05, 0.1) is 19.4 Å². The molecule has 130 valence electrons. The number of aromatic nitrogens is 5. The van der Waals surface area contributed by atoms with Crippen LogP contribution in [0.1, 0.15) is 17.3 Å². The van der Waals surface area contributed by atoms with Crippen molar-refractivity contribution in [3.05, 3.63) is 40.3 Å². The zero-order chi connectivity index (χ0) is 18.0.